The van der Waals surface area contributed by atoms with Crippen LogP contribution in [-0.2, 0) is 10.0 Å². The maximum Gasteiger partial charge on any atom is 0.214 e. The van der Waals surface area contributed by atoms with Crippen molar-refractivity contribution in [1.82, 2.24) is 9.21 Å². The number of halogens is 3. The molecular formula is C22H33ClF2N2O3S. The van der Waals surface area contributed by atoms with Gasteiger partial charge in [-0.25, -0.2) is 17.2 Å². The van der Waals surface area contributed by atoms with Crippen molar-refractivity contribution in [2.75, 3.05) is 31.9 Å². The number of hydrogen-bond donors (Lipinski definition) is 0. The molecule has 1 aliphatic carbocycles. The molecule has 5 nitrogen and oxygen atoms in total. The van der Waals surface area contributed by atoms with Crippen LogP contribution in [0.25, 0.3) is 0 Å². The zero-order chi connectivity index (χ0) is 21.8. The van der Waals surface area contributed by atoms with E-state index in [1.54, 1.807) is 4.31 Å². The Labute approximate surface area is 190 Å². The van der Waals surface area contributed by atoms with Crippen molar-refractivity contribution in [3.05, 3.63) is 35.4 Å². The van der Waals surface area contributed by atoms with Crippen LogP contribution in [0, 0.1) is 11.6 Å². The van der Waals surface area contributed by atoms with Crippen molar-refractivity contribution in [1.29, 1.82) is 0 Å². The fourth-order valence-corrected chi connectivity index (χ4v) is 6.49. The van der Waals surface area contributed by atoms with E-state index in [9.17, 15) is 22.0 Å². The highest BCUT2D eigenvalue weighted by molar-refractivity contribution is 7.89. The average Bonchev–Trinajstić information content (AvgIpc) is 2.73. The van der Waals surface area contributed by atoms with Gasteiger partial charge in [-0.1, -0.05) is 32.3 Å². The number of nitrogens with zero attached hydrogens (tertiary/aromatic N) is 2. The lowest BCUT2D eigenvalue weighted by molar-refractivity contribution is 0.0165. The lowest BCUT2D eigenvalue weighted by atomic mass is 9.76. The second-order valence-corrected chi connectivity index (χ2v) is 10.6. The smallest absolute Gasteiger partial charge is 0.214 e. The molecule has 0 N–H and O–H groups in total. The van der Waals surface area contributed by atoms with Crippen LogP contribution in [0.4, 0.5) is 8.78 Å². The molecule has 0 amide bonds. The maximum absolute atomic E-state index is 14.0. The van der Waals surface area contributed by atoms with Gasteiger partial charge in [0.15, 0.2) is 5.78 Å². The van der Waals surface area contributed by atoms with E-state index < -0.39 is 33.0 Å². The summed E-state index contributed by atoms with van der Waals surface area (Å²) in [4.78, 5) is 15.0. The summed E-state index contributed by atoms with van der Waals surface area (Å²) in [6.07, 6.45) is 6.34. The van der Waals surface area contributed by atoms with Gasteiger partial charge in [0.25, 0.3) is 0 Å². The molecule has 0 spiro atoms. The highest BCUT2D eigenvalue weighted by Gasteiger charge is 2.40. The first-order valence-corrected chi connectivity index (χ1v) is 12.6. The molecule has 1 aromatic carbocycles. The summed E-state index contributed by atoms with van der Waals surface area (Å²) in [6, 6.07) is 3.49. The Balaban J connectivity index is 0.00000341. The van der Waals surface area contributed by atoms with E-state index in [2.05, 4.69) is 4.90 Å². The molecule has 0 bridgehead atoms. The minimum atomic E-state index is -3.21. The van der Waals surface area contributed by atoms with Crippen molar-refractivity contribution < 1.29 is 22.0 Å². The average molecular weight is 479 g/mol. The van der Waals surface area contributed by atoms with Gasteiger partial charge in [0.1, 0.15) is 11.6 Å². The first-order chi connectivity index (χ1) is 14.3. The Bertz CT molecular complexity index is 832. The summed E-state index contributed by atoms with van der Waals surface area (Å²) >= 11 is 0. The molecule has 0 radical (unpaired) electrons. The number of benzene rings is 1. The van der Waals surface area contributed by atoms with Gasteiger partial charge in [0.05, 0.1) is 11.3 Å². The topological polar surface area (TPSA) is 57.7 Å². The van der Waals surface area contributed by atoms with Gasteiger partial charge >= 0.3 is 0 Å². The maximum atomic E-state index is 14.0. The Hall–Kier alpha value is -1.09. The van der Waals surface area contributed by atoms with E-state index in [0.29, 0.717) is 39.0 Å². The summed E-state index contributed by atoms with van der Waals surface area (Å²) in [5.74, 6) is -1.96. The summed E-state index contributed by atoms with van der Waals surface area (Å²) in [6.45, 7) is 4.04. The zero-order valence-corrected chi connectivity index (χ0v) is 19.7. The van der Waals surface area contributed by atoms with Gasteiger partial charge in [-0.3, -0.25) is 9.69 Å². The van der Waals surface area contributed by atoms with Crippen molar-refractivity contribution in [2.24, 2.45) is 0 Å². The second-order valence-electron chi connectivity index (χ2n) is 8.51. The third kappa shape index (κ3) is 6.03. The van der Waals surface area contributed by atoms with Crippen LogP contribution in [0.3, 0.4) is 0 Å². The molecule has 0 aromatic heterocycles. The molecule has 1 saturated heterocycles. The van der Waals surface area contributed by atoms with Crippen LogP contribution < -0.4 is 0 Å². The molecule has 0 unspecified atom stereocenters. The van der Waals surface area contributed by atoms with Crippen LogP contribution in [0.5, 0.6) is 0 Å². The van der Waals surface area contributed by atoms with Crippen LogP contribution >= 0.6 is 12.4 Å². The van der Waals surface area contributed by atoms with Crippen molar-refractivity contribution in [3.8, 4) is 0 Å². The van der Waals surface area contributed by atoms with Gasteiger partial charge in [0.2, 0.25) is 10.0 Å². The van der Waals surface area contributed by atoms with Crippen molar-refractivity contribution >= 4 is 28.2 Å². The van der Waals surface area contributed by atoms with E-state index in [-0.39, 0.29) is 30.1 Å². The quantitative estimate of drug-likeness (QED) is 0.519. The van der Waals surface area contributed by atoms with Gasteiger partial charge < -0.3 is 0 Å². The minimum absolute atomic E-state index is 0. The number of Topliss-reactive ketones (excluding diaryl/α,β-unsaturated/α-hetero) is 1. The van der Waals surface area contributed by atoms with Crippen molar-refractivity contribution in [3.63, 3.8) is 0 Å². The highest BCUT2D eigenvalue weighted by Crippen LogP contribution is 2.38. The number of hydrogen-bond acceptors (Lipinski definition) is 4. The molecular weight excluding hydrogens is 446 g/mol. The van der Waals surface area contributed by atoms with Crippen LogP contribution in [0.1, 0.15) is 68.6 Å². The highest BCUT2D eigenvalue weighted by atomic mass is 35.5. The number of carbonyl (C=O) groups is 1. The lowest BCUT2D eigenvalue weighted by Crippen LogP contribution is -2.58. The zero-order valence-electron chi connectivity index (χ0n) is 18.1. The molecule has 1 saturated carbocycles. The Morgan fingerprint density at radius 1 is 1.03 bits per heavy atom. The number of carbonyl (C=O) groups excluding carboxylic acids is 1. The Morgan fingerprint density at radius 3 is 2.16 bits per heavy atom. The first kappa shape index (κ1) is 26.2. The van der Waals surface area contributed by atoms with Gasteiger partial charge in [0, 0.05) is 38.1 Å². The molecule has 176 valence electrons. The lowest BCUT2D eigenvalue weighted by Gasteiger charge is -2.50. The Kier molecular flexibility index (Phi) is 9.42. The molecule has 1 aliphatic heterocycles. The fourth-order valence-electron chi connectivity index (χ4n) is 5.00. The largest absolute Gasteiger partial charge is 0.295 e. The Morgan fingerprint density at radius 2 is 1.61 bits per heavy atom. The van der Waals surface area contributed by atoms with Crippen LogP contribution in [0.15, 0.2) is 18.2 Å². The SMILES string of the molecule is CCCS(=O)(=O)N1CCN(C2(CCC(=O)c3c(F)cccc3F)CCCCC2)CC1.Cl. The fraction of sp³-hybridized carbons (Fsp3) is 0.682. The normalized spacial score (nSPS) is 20.2. The minimum Gasteiger partial charge on any atom is -0.295 e. The molecule has 3 rings (SSSR count). The second kappa shape index (κ2) is 11.2. The molecule has 2 aliphatic rings. The molecule has 31 heavy (non-hydrogen) atoms. The van der Waals surface area contributed by atoms with E-state index in [0.717, 1.165) is 44.2 Å². The number of piperazine rings is 1. The van der Waals surface area contributed by atoms with E-state index in [1.165, 1.54) is 6.07 Å². The number of sulfonamides is 1. The standard InChI is InChI=1S/C22H32F2N2O3S.ClH/c1-2-17-30(28,29)26-15-13-25(14-16-26)22(10-4-3-5-11-22)12-9-20(27)21-18(23)7-6-8-19(21)24;/h6-8H,2-5,9-17H2,1H3;1H. The monoisotopic (exact) mass is 478 g/mol. The van der Waals surface area contributed by atoms with Gasteiger partial charge in [-0.15, -0.1) is 12.4 Å². The number of ketones is 1. The van der Waals surface area contributed by atoms with Crippen LogP contribution in [0.2, 0.25) is 0 Å². The molecule has 1 heterocycles. The van der Waals surface area contributed by atoms with E-state index in [4.69, 9.17) is 0 Å². The third-order valence-corrected chi connectivity index (χ3v) is 8.68. The predicted molar refractivity (Wildman–Crippen MR) is 120 cm³/mol. The third-order valence-electron chi connectivity index (χ3n) is 6.61. The van der Waals surface area contributed by atoms with Gasteiger partial charge in [-0.2, -0.15) is 4.31 Å². The number of rotatable bonds is 8. The first-order valence-electron chi connectivity index (χ1n) is 11.0. The van der Waals surface area contributed by atoms with E-state index >= 15 is 0 Å². The predicted octanol–water partition coefficient (Wildman–Crippen LogP) is 4.41. The molecule has 9 heteroatoms. The van der Waals surface area contributed by atoms with Gasteiger partial charge in [-0.05, 0) is 37.8 Å². The summed E-state index contributed by atoms with van der Waals surface area (Å²) in [5, 5.41) is 0. The summed E-state index contributed by atoms with van der Waals surface area (Å²) in [5.41, 5.74) is -0.644. The summed E-state index contributed by atoms with van der Waals surface area (Å²) < 4.78 is 54.3. The molecule has 0 atom stereocenters. The molecule has 1 aromatic rings. The van der Waals surface area contributed by atoms with Crippen LogP contribution in [-0.4, -0.2) is 60.9 Å². The van der Waals surface area contributed by atoms with E-state index in [1.807, 2.05) is 6.92 Å². The summed E-state index contributed by atoms with van der Waals surface area (Å²) in [7, 11) is -3.21. The molecule has 2 fully saturated rings. The van der Waals surface area contributed by atoms with Crippen molar-refractivity contribution in [2.45, 2.75) is 63.8 Å².